The monoisotopic (exact) mass is 455 g/mol. The molecule has 0 unspecified atom stereocenters. The van der Waals surface area contributed by atoms with Gasteiger partial charge in [-0.25, -0.2) is 21.9 Å². The minimum Gasteiger partial charge on any atom is -0.338 e. The second kappa shape index (κ2) is 8.65. The standard InChI is InChI=1S/C22H19F2N5O2S/c23-8-16(9-24)28-32(30,31)17-4-6-20(27-12-17)22-19(11-26)18-5-3-15(10-25)7-21(18)29(22)13-14-1-2-14/h3-7,12,14,16,28H,1-2,8-9,13H2. The number of benzene rings is 1. The van der Waals surface area contributed by atoms with E-state index in [1.54, 1.807) is 18.2 Å². The first-order valence-electron chi connectivity index (χ1n) is 9.99. The van der Waals surface area contributed by atoms with Crippen LogP contribution < -0.4 is 4.72 Å². The Morgan fingerprint density at radius 3 is 2.47 bits per heavy atom. The summed E-state index contributed by atoms with van der Waals surface area (Å²) in [7, 11) is -4.15. The Morgan fingerprint density at radius 1 is 1.16 bits per heavy atom. The Labute approximate surface area is 184 Å². The molecule has 7 nitrogen and oxygen atoms in total. The third kappa shape index (κ3) is 4.07. The topological polar surface area (TPSA) is 112 Å². The summed E-state index contributed by atoms with van der Waals surface area (Å²) in [5.41, 5.74) is 2.55. The van der Waals surface area contributed by atoms with Crippen molar-refractivity contribution in [2.24, 2.45) is 5.92 Å². The molecule has 0 spiro atoms. The Kier molecular flexibility index (Phi) is 5.92. The summed E-state index contributed by atoms with van der Waals surface area (Å²) >= 11 is 0. The molecule has 1 fully saturated rings. The number of pyridine rings is 1. The molecule has 164 valence electrons. The van der Waals surface area contributed by atoms with Gasteiger partial charge in [0, 0.05) is 18.1 Å². The zero-order valence-corrected chi connectivity index (χ0v) is 17.7. The van der Waals surface area contributed by atoms with Gasteiger partial charge in [0.15, 0.2) is 0 Å². The van der Waals surface area contributed by atoms with Gasteiger partial charge in [-0.05, 0) is 43.0 Å². The summed E-state index contributed by atoms with van der Waals surface area (Å²) in [6.45, 7) is -1.68. The molecule has 0 atom stereocenters. The van der Waals surface area contributed by atoms with Crippen LogP contribution in [-0.2, 0) is 16.6 Å². The van der Waals surface area contributed by atoms with Gasteiger partial charge in [0.25, 0.3) is 0 Å². The van der Waals surface area contributed by atoms with Gasteiger partial charge in [-0.15, -0.1) is 0 Å². The van der Waals surface area contributed by atoms with Crippen molar-refractivity contribution >= 4 is 20.9 Å². The van der Waals surface area contributed by atoms with Crippen LogP contribution in [-0.4, -0.2) is 37.4 Å². The van der Waals surface area contributed by atoms with Crippen LogP contribution in [0.1, 0.15) is 24.0 Å². The lowest BCUT2D eigenvalue weighted by Gasteiger charge is -2.13. The maximum Gasteiger partial charge on any atom is 0.242 e. The van der Waals surface area contributed by atoms with E-state index in [-0.39, 0.29) is 4.90 Å². The molecule has 0 amide bonds. The molecular formula is C22H19F2N5O2S. The quantitative estimate of drug-likeness (QED) is 0.559. The molecular weight excluding hydrogens is 436 g/mol. The van der Waals surface area contributed by atoms with Crippen LogP contribution in [0.3, 0.4) is 0 Å². The first-order valence-corrected chi connectivity index (χ1v) is 11.5. The van der Waals surface area contributed by atoms with E-state index in [1.165, 1.54) is 12.1 Å². The maximum absolute atomic E-state index is 12.7. The predicted molar refractivity (Wildman–Crippen MR) is 113 cm³/mol. The van der Waals surface area contributed by atoms with Crippen molar-refractivity contribution in [3.8, 4) is 23.5 Å². The first-order chi connectivity index (χ1) is 15.4. The zero-order valence-electron chi connectivity index (χ0n) is 16.9. The predicted octanol–water partition coefficient (Wildman–Crippen LogP) is 3.44. The van der Waals surface area contributed by atoms with E-state index < -0.39 is 29.4 Å². The fraction of sp³-hybridized carbons (Fsp3) is 0.318. The Bertz CT molecular complexity index is 1350. The van der Waals surface area contributed by atoms with E-state index in [9.17, 15) is 27.7 Å². The van der Waals surface area contributed by atoms with Crippen molar-refractivity contribution in [2.45, 2.75) is 30.3 Å². The van der Waals surface area contributed by atoms with Crippen molar-refractivity contribution < 1.29 is 17.2 Å². The van der Waals surface area contributed by atoms with E-state index in [1.807, 2.05) is 9.29 Å². The summed E-state index contributed by atoms with van der Waals surface area (Å²) in [5.74, 6) is 0.462. The zero-order chi connectivity index (χ0) is 22.9. The van der Waals surface area contributed by atoms with Crippen molar-refractivity contribution in [2.75, 3.05) is 13.3 Å². The highest BCUT2D eigenvalue weighted by molar-refractivity contribution is 7.89. The third-order valence-electron chi connectivity index (χ3n) is 5.43. The van der Waals surface area contributed by atoms with Crippen molar-refractivity contribution in [1.82, 2.24) is 14.3 Å². The molecule has 0 radical (unpaired) electrons. The maximum atomic E-state index is 12.7. The van der Waals surface area contributed by atoms with E-state index in [4.69, 9.17) is 0 Å². The summed E-state index contributed by atoms with van der Waals surface area (Å²) in [6, 6.07) is 10.7. The minimum absolute atomic E-state index is 0.233. The summed E-state index contributed by atoms with van der Waals surface area (Å²) < 4.78 is 54.2. The van der Waals surface area contributed by atoms with Crippen LogP contribution in [0.15, 0.2) is 41.4 Å². The van der Waals surface area contributed by atoms with Gasteiger partial charge in [-0.2, -0.15) is 10.5 Å². The number of halogens is 2. The Hall–Kier alpha value is -3.34. The highest BCUT2D eigenvalue weighted by Gasteiger charge is 2.27. The molecule has 1 aliphatic carbocycles. The number of nitriles is 2. The number of nitrogens with zero attached hydrogens (tertiary/aromatic N) is 4. The molecule has 3 aromatic rings. The van der Waals surface area contributed by atoms with Crippen LogP contribution in [0.2, 0.25) is 0 Å². The number of hydrogen-bond acceptors (Lipinski definition) is 5. The average molecular weight is 455 g/mol. The van der Waals surface area contributed by atoms with Crippen LogP contribution >= 0.6 is 0 Å². The molecule has 1 aliphatic rings. The van der Waals surface area contributed by atoms with Gasteiger partial charge >= 0.3 is 0 Å². The van der Waals surface area contributed by atoms with Gasteiger partial charge in [0.2, 0.25) is 10.0 Å². The van der Waals surface area contributed by atoms with Crippen LogP contribution in [0.25, 0.3) is 22.3 Å². The number of hydrogen-bond donors (Lipinski definition) is 1. The Balaban J connectivity index is 1.81. The molecule has 1 saturated carbocycles. The number of fused-ring (bicyclic) bond motifs is 1. The molecule has 2 aromatic heterocycles. The van der Waals surface area contributed by atoms with Gasteiger partial charge in [0.05, 0.1) is 40.1 Å². The fourth-order valence-corrected chi connectivity index (χ4v) is 4.76. The average Bonchev–Trinajstić information content (AvgIpc) is 3.58. The molecule has 32 heavy (non-hydrogen) atoms. The molecule has 0 bridgehead atoms. The molecule has 0 aliphatic heterocycles. The van der Waals surface area contributed by atoms with Crippen molar-refractivity contribution in [3.05, 3.63) is 47.7 Å². The summed E-state index contributed by atoms with van der Waals surface area (Å²) in [6.07, 6.45) is 3.24. The van der Waals surface area contributed by atoms with Crippen LogP contribution in [0.4, 0.5) is 8.78 Å². The lowest BCUT2D eigenvalue weighted by molar-refractivity contribution is 0.334. The highest BCUT2D eigenvalue weighted by atomic mass is 32.2. The highest BCUT2D eigenvalue weighted by Crippen LogP contribution is 2.38. The summed E-state index contributed by atoms with van der Waals surface area (Å²) in [4.78, 5) is 4.03. The van der Waals surface area contributed by atoms with E-state index >= 15 is 0 Å². The van der Waals surface area contributed by atoms with Gasteiger partial charge in [0.1, 0.15) is 24.3 Å². The first kappa shape index (κ1) is 21.9. The minimum atomic E-state index is -4.15. The molecule has 4 rings (SSSR count). The molecule has 10 heteroatoms. The van der Waals surface area contributed by atoms with E-state index in [2.05, 4.69) is 17.1 Å². The van der Waals surface area contributed by atoms with Gasteiger partial charge in [-0.1, -0.05) is 6.07 Å². The van der Waals surface area contributed by atoms with Gasteiger partial charge < -0.3 is 4.57 Å². The smallest absolute Gasteiger partial charge is 0.242 e. The molecule has 2 heterocycles. The third-order valence-corrected chi connectivity index (χ3v) is 6.93. The second-order valence-electron chi connectivity index (χ2n) is 7.74. The lowest BCUT2D eigenvalue weighted by atomic mass is 10.1. The SMILES string of the molecule is N#Cc1ccc2c(C#N)c(-c3ccc(S(=O)(=O)NC(CF)CF)cn3)n(CC3CC3)c2c1. The lowest BCUT2D eigenvalue weighted by Crippen LogP contribution is -2.37. The van der Waals surface area contributed by atoms with E-state index in [0.717, 1.165) is 24.6 Å². The number of alkyl halides is 2. The number of aromatic nitrogens is 2. The molecule has 1 aromatic carbocycles. The van der Waals surface area contributed by atoms with Crippen LogP contribution in [0, 0.1) is 28.6 Å². The van der Waals surface area contributed by atoms with Gasteiger partial charge in [-0.3, -0.25) is 4.98 Å². The number of rotatable bonds is 8. The summed E-state index contributed by atoms with van der Waals surface area (Å²) in [5, 5.41) is 19.9. The fourth-order valence-electron chi connectivity index (χ4n) is 3.62. The largest absolute Gasteiger partial charge is 0.338 e. The van der Waals surface area contributed by atoms with Crippen molar-refractivity contribution in [1.29, 1.82) is 10.5 Å². The van der Waals surface area contributed by atoms with Crippen molar-refractivity contribution in [3.63, 3.8) is 0 Å². The normalized spacial score (nSPS) is 13.9. The Morgan fingerprint density at radius 2 is 1.91 bits per heavy atom. The number of sulfonamides is 1. The van der Waals surface area contributed by atoms with E-state index in [0.29, 0.717) is 40.4 Å². The molecule has 0 saturated heterocycles. The number of nitrogens with one attached hydrogen (secondary N) is 1. The second-order valence-corrected chi connectivity index (χ2v) is 9.45. The molecule has 1 N–H and O–H groups in total. The van der Waals surface area contributed by atoms with Crippen LogP contribution in [0.5, 0.6) is 0 Å².